The standard InChI is InChI=1S/C24H22ClN5O5S/c1-13(21(31)29-23-28-20(24(2,3)4)22(36-23)30(32)33)34-15-6-8-16(9-7-15)35-19-12-26-18-11-14(25)5-10-17(18)27-19/h5-13H,1-4H3,(H,28,29,31)/t13-/m1/s1. The third-order valence-corrected chi connectivity index (χ3v) is 6.08. The van der Waals surface area contributed by atoms with Crippen LogP contribution in [-0.2, 0) is 10.2 Å². The predicted octanol–water partition coefficient (Wildman–Crippen LogP) is 6.14. The van der Waals surface area contributed by atoms with Gasteiger partial charge in [-0.25, -0.2) is 15.0 Å². The quantitative estimate of drug-likeness (QED) is 0.224. The van der Waals surface area contributed by atoms with E-state index in [0.29, 0.717) is 39.1 Å². The van der Waals surface area contributed by atoms with Crippen molar-refractivity contribution >= 4 is 50.0 Å². The van der Waals surface area contributed by atoms with E-state index in [9.17, 15) is 14.9 Å². The maximum atomic E-state index is 12.6. The highest BCUT2D eigenvalue weighted by Gasteiger charge is 2.31. The molecule has 0 aliphatic rings. The zero-order valence-corrected chi connectivity index (χ0v) is 21.4. The van der Waals surface area contributed by atoms with Gasteiger partial charge < -0.3 is 9.47 Å². The summed E-state index contributed by atoms with van der Waals surface area (Å²) in [5, 5.41) is 14.6. The number of nitro groups is 1. The van der Waals surface area contributed by atoms with Crippen LogP contribution in [0.4, 0.5) is 10.1 Å². The van der Waals surface area contributed by atoms with Gasteiger partial charge in [0.05, 0.1) is 22.2 Å². The Kier molecular flexibility index (Phi) is 7.04. The molecule has 186 valence electrons. The first-order chi connectivity index (χ1) is 17.0. The maximum Gasteiger partial charge on any atom is 0.349 e. The molecule has 0 bridgehead atoms. The normalized spacial score (nSPS) is 12.2. The number of anilines is 1. The summed E-state index contributed by atoms with van der Waals surface area (Å²) in [6, 6.07) is 11.9. The Bertz CT molecular complexity index is 1440. The van der Waals surface area contributed by atoms with Gasteiger partial charge in [-0.05, 0) is 60.7 Å². The molecular weight excluding hydrogens is 506 g/mol. The molecule has 0 radical (unpaired) electrons. The van der Waals surface area contributed by atoms with Gasteiger partial charge in [0.2, 0.25) is 5.88 Å². The molecule has 4 aromatic rings. The van der Waals surface area contributed by atoms with Gasteiger partial charge in [0.15, 0.2) is 11.2 Å². The Balaban J connectivity index is 1.38. The number of carbonyl (C=O) groups is 1. The van der Waals surface area contributed by atoms with Crippen LogP contribution < -0.4 is 14.8 Å². The number of benzene rings is 2. The van der Waals surface area contributed by atoms with E-state index in [-0.39, 0.29) is 10.1 Å². The average Bonchev–Trinajstić information content (AvgIpc) is 3.25. The summed E-state index contributed by atoms with van der Waals surface area (Å²) in [7, 11) is 0. The van der Waals surface area contributed by atoms with E-state index < -0.39 is 22.3 Å². The van der Waals surface area contributed by atoms with Crippen LogP contribution in [0.15, 0.2) is 48.7 Å². The smallest absolute Gasteiger partial charge is 0.349 e. The minimum absolute atomic E-state index is 0.0955. The summed E-state index contributed by atoms with van der Waals surface area (Å²) in [4.78, 5) is 36.5. The van der Waals surface area contributed by atoms with Gasteiger partial charge in [0, 0.05) is 10.4 Å². The molecule has 0 saturated heterocycles. The minimum Gasteiger partial charge on any atom is -0.481 e. The molecule has 1 amide bonds. The number of fused-ring (bicyclic) bond motifs is 1. The molecule has 10 nitrogen and oxygen atoms in total. The Morgan fingerprint density at radius 3 is 2.44 bits per heavy atom. The average molecular weight is 528 g/mol. The van der Waals surface area contributed by atoms with E-state index in [1.54, 1.807) is 49.4 Å². The lowest BCUT2D eigenvalue weighted by molar-refractivity contribution is -0.381. The second-order valence-electron chi connectivity index (χ2n) is 8.84. The molecule has 1 atom stereocenters. The van der Waals surface area contributed by atoms with Crippen molar-refractivity contribution in [2.45, 2.75) is 39.2 Å². The maximum absolute atomic E-state index is 12.6. The minimum atomic E-state index is -0.879. The molecule has 2 heterocycles. The van der Waals surface area contributed by atoms with Crippen LogP contribution >= 0.6 is 22.9 Å². The van der Waals surface area contributed by atoms with E-state index in [4.69, 9.17) is 21.1 Å². The number of hydrogen-bond acceptors (Lipinski definition) is 9. The second-order valence-corrected chi connectivity index (χ2v) is 10.3. The number of carbonyl (C=O) groups excluding carboxylic acids is 1. The van der Waals surface area contributed by atoms with Crippen molar-refractivity contribution in [3.8, 4) is 17.4 Å². The largest absolute Gasteiger partial charge is 0.481 e. The van der Waals surface area contributed by atoms with E-state index in [2.05, 4.69) is 20.3 Å². The second kappa shape index (κ2) is 10.0. The number of hydrogen-bond donors (Lipinski definition) is 1. The van der Waals surface area contributed by atoms with Gasteiger partial charge in [-0.3, -0.25) is 20.2 Å². The van der Waals surface area contributed by atoms with E-state index in [1.807, 2.05) is 20.8 Å². The van der Waals surface area contributed by atoms with Crippen LogP contribution in [0.25, 0.3) is 11.0 Å². The molecule has 4 rings (SSSR count). The number of halogens is 1. The Morgan fingerprint density at radius 1 is 1.11 bits per heavy atom. The molecule has 0 fully saturated rings. The monoisotopic (exact) mass is 527 g/mol. The lowest BCUT2D eigenvalue weighted by Crippen LogP contribution is -2.30. The number of aromatic nitrogens is 3. The number of rotatable bonds is 7. The third-order valence-electron chi connectivity index (χ3n) is 4.93. The summed E-state index contributed by atoms with van der Waals surface area (Å²) in [6.07, 6.45) is 0.625. The van der Waals surface area contributed by atoms with Crippen molar-refractivity contribution in [2.24, 2.45) is 0 Å². The van der Waals surface area contributed by atoms with Crippen LogP contribution in [0.2, 0.25) is 5.02 Å². The number of nitrogens with one attached hydrogen (secondary N) is 1. The Hall–Kier alpha value is -3.83. The number of amides is 1. The SMILES string of the molecule is C[C@@H](Oc1ccc(Oc2cnc3cc(Cl)ccc3n2)cc1)C(=O)Nc1nc(C(C)(C)C)c([N+](=O)[O-])s1. The fraction of sp³-hybridized carbons (Fsp3) is 0.250. The number of nitrogens with zero attached hydrogens (tertiary/aromatic N) is 4. The summed E-state index contributed by atoms with van der Waals surface area (Å²) in [6.45, 7) is 7.04. The first-order valence-electron chi connectivity index (χ1n) is 10.8. The predicted molar refractivity (Wildman–Crippen MR) is 137 cm³/mol. The van der Waals surface area contributed by atoms with E-state index in [0.717, 1.165) is 11.3 Å². The van der Waals surface area contributed by atoms with Gasteiger partial charge in [0.25, 0.3) is 5.91 Å². The topological polar surface area (TPSA) is 129 Å². The summed E-state index contributed by atoms with van der Waals surface area (Å²) in [5.41, 5.74) is 1.08. The van der Waals surface area contributed by atoms with Crippen LogP contribution in [-0.4, -0.2) is 31.9 Å². The number of ether oxygens (including phenoxy) is 2. The lowest BCUT2D eigenvalue weighted by atomic mass is 9.93. The van der Waals surface area contributed by atoms with Crippen LogP contribution in [0, 0.1) is 10.1 Å². The highest BCUT2D eigenvalue weighted by molar-refractivity contribution is 7.19. The molecule has 2 aromatic carbocycles. The number of thiazole rings is 1. The molecule has 0 aliphatic carbocycles. The molecule has 0 unspecified atom stereocenters. The van der Waals surface area contributed by atoms with Crippen LogP contribution in [0.5, 0.6) is 17.4 Å². The first kappa shape index (κ1) is 25.3. The highest BCUT2D eigenvalue weighted by Crippen LogP contribution is 2.37. The highest BCUT2D eigenvalue weighted by atomic mass is 35.5. The summed E-state index contributed by atoms with van der Waals surface area (Å²) >= 11 is 6.79. The van der Waals surface area contributed by atoms with Gasteiger partial charge >= 0.3 is 5.00 Å². The van der Waals surface area contributed by atoms with E-state index in [1.165, 1.54) is 6.20 Å². The third kappa shape index (κ3) is 5.86. The molecular formula is C24H22ClN5O5S. The Labute approximate surface area is 215 Å². The van der Waals surface area contributed by atoms with E-state index >= 15 is 0 Å². The molecule has 0 saturated carbocycles. The molecule has 2 aromatic heterocycles. The molecule has 1 N–H and O–H groups in total. The summed E-state index contributed by atoms with van der Waals surface area (Å²) in [5.74, 6) is 0.779. The molecule has 0 spiro atoms. The fourth-order valence-electron chi connectivity index (χ4n) is 3.17. The van der Waals surface area contributed by atoms with Crippen molar-refractivity contribution < 1.29 is 19.2 Å². The van der Waals surface area contributed by atoms with Gasteiger partial charge in [-0.1, -0.05) is 32.4 Å². The van der Waals surface area contributed by atoms with Crippen molar-refractivity contribution in [2.75, 3.05) is 5.32 Å². The molecule has 12 heteroatoms. The first-order valence-corrected chi connectivity index (χ1v) is 12.0. The van der Waals surface area contributed by atoms with Crippen molar-refractivity contribution in [3.05, 3.63) is 69.5 Å². The van der Waals surface area contributed by atoms with Crippen molar-refractivity contribution in [3.63, 3.8) is 0 Å². The van der Waals surface area contributed by atoms with Gasteiger partial charge in [-0.2, -0.15) is 0 Å². The Morgan fingerprint density at radius 2 is 1.81 bits per heavy atom. The summed E-state index contributed by atoms with van der Waals surface area (Å²) < 4.78 is 11.5. The van der Waals surface area contributed by atoms with Gasteiger partial charge in [0.1, 0.15) is 17.2 Å². The van der Waals surface area contributed by atoms with Crippen LogP contribution in [0.3, 0.4) is 0 Å². The van der Waals surface area contributed by atoms with Crippen molar-refractivity contribution in [1.82, 2.24) is 15.0 Å². The molecule has 36 heavy (non-hydrogen) atoms. The van der Waals surface area contributed by atoms with Gasteiger partial charge in [-0.15, -0.1) is 0 Å². The molecule has 0 aliphatic heterocycles. The lowest BCUT2D eigenvalue weighted by Gasteiger charge is -2.15. The zero-order chi connectivity index (χ0) is 26.0. The zero-order valence-electron chi connectivity index (χ0n) is 19.8. The van der Waals surface area contributed by atoms with Crippen molar-refractivity contribution in [1.29, 1.82) is 0 Å². The fourth-order valence-corrected chi connectivity index (χ4v) is 4.33. The van der Waals surface area contributed by atoms with Crippen LogP contribution in [0.1, 0.15) is 33.4 Å².